The number of para-hydroxylation sites is 3. The fraction of sp³-hybridized carbons (Fsp3) is 0.310. The van der Waals surface area contributed by atoms with E-state index in [1.54, 1.807) is 24.3 Å². The Balaban J connectivity index is 1.42. The van der Waals surface area contributed by atoms with Crippen LogP contribution >= 0.6 is 11.6 Å². The van der Waals surface area contributed by atoms with Crippen LogP contribution in [0, 0.1) is 0 Å². The monoisotopic (exact) mass is 489 g/mol. The standard InChI is InChI=1S/C29H32ClN3O2/c1-20(2)24-10-4-7-13-27(24)35-19-9-8-18-33-26-12-6-5-11-25(26)32-28(33)21(3)31-29(34)22-14-16-23(30)17-15-22/h4-7,10-17,20-21H,8-9,18-19H2,1-3H3,(H,31,34). The molecule has 0 radical (unpaired) electrons. The normalized spacial score (nSPS) is 12.1. The first kappa shape index (κ1) is 24.8. The number of aryl methyl sites for hydroxylation is 1. The number of halogens is 1. The highest BCUT2D eigenvalue weighted by Gasteiger charge is 2.19. The summed E-state index contributed by atoms with van der Waals surface area (Å²) in [6.07, 6.45) is 1.86. The third-order valence-corrected chi connectivity index (χ3v) is 6.35. The van der Waals surface area contributed by atoms with Gasteiger partial charge in [0.25, 0.3) is 5.91 Å². The molecule has 0 aliphatic rings. The number of carbonyl (C=O) groups excluding carboxylic acids is 1. The first-order valence-corrected chi connectivity index (χ1v) is 12.5. The van der Waals surface area contributed by atoms with E-state index in [1.807, 2.05) is 37.3 Å². The fourth-order valence-corrected chi connectivity index (χ4v) is 4.37. The molecule has 0 spiro atoms. The van der Waals surface area contributed by atoms with Gasteiger partial charge in [0, 0.05) is 17.1 Å². The van der Waals surface area contributed by atoms with Gasteiger partial charge in [-0.25, -0.2) is 4.98 Å². The van der Waals surface area contributed by atoms with Gasteiger partial charge in [0.05, 0.1) is 23.7 Å². The van der Waals surface area contributed by atoms with E-state index in [1.165, 1.54) is 5.56 Å². The van der Waals surface area contributed by atoms with Gasteiger partial charge in [-0.2, -0.15) is 0 Å². The zero-order chi connectivity index (χ0) is 24.8. The SMILES string of the molecule is CC(C)c1ccccc1OCCCCn1c(C(C)NC(=O)c2ccc(Cl)cc2)nc2ccccc21. The van der Waals surface area contributed by atoms with E-state index in [-0.39, 0.29) is 11.9 Å². The van der Waals surface area contributed by atoms with Gasteiger partial charge in [0.15, 0.2) is 0 Å². The molecule has 0 saturated carbocycles. The summed E-state index contributed by atoms with van der Waals surface area (Å²) in [6.45, 7) is 7.79. The topological polar surface area (TPSA) is 56.1 Å². The Morgan fingerprint density at radius 1 is 0.971 bits per heavy atom. The van der Waals surface area contributed by atoms with E-state index in [2.05, 4.69) is 41.9 Å². The number of rotatable bonds is 10. The lowest BCUT2D eigenvalue weighted by molar-refractivity contribution is 0.0937. The minimum Gasteiger partial charge on any atom is -0.493 e. The van der Waals surface area contributed by atoms with E-state index < -0.39 is 0 Å². The number of unbranched alkanes of at least 4 members (excludes halogenated alkanes) is 1. The van der Waals surface area contributed by atoms with E-state index in [0.29, 0.717) is 23.1 Å². The van der Waals surface area contributed by atoms with Crippen molar-refractivity contribution in [1.29, 1.82) is 0 Å². The van der Waals surface area contributed by atoms with Crippen molar-refractivity contribution in [1.82, 2.24) is 14.9 Å². The second-order valence-electron chi connectivity index (χ2n) is 9.06. The van der Waals surface area contributed by atoms with Crippen molar-refractivity contribution >= 4 is 28.5 Å². The molecule has 5 nitrogen and oxygen atoms in total. The molecule has 1 atom stereocenters. The van der Waals surface area contributed by atoms with E-state index >= 15 is 0 Å². The molecule has 4 aromatic rings. The molecule has 6 heteroatoms. The van der Waals surface area contributed by atoms with Gasteiger partial charge in [-0.05, 0) is 73.7 Å². The van der Waals surface area contributed by atoms with Crippen molar-refractivity contribution < 1.29 is 9.53 Å². The van der Waals surface area contributed by atoms with Gasteiger partial charge in [-0.3, -0.25) is 4.79 Å². The van der Waals surface area contributed by atoms with Crippen molar-refractivity contribution in [3.63, 3.8) is 0 Å². The zero-order valence-electron chi connectivity index (χ0n) is 20.5. The summed E-state index contributed by atoms with van der Waals surface area (Å²) in [5.74, 6) is 2.09. The third-order valence-electron chi connectivity index (χ3n) is 6.10. The second-order valence-corrected chi connectivity index (χ2v) is 9.50. The lowest BCUT2D eigenvalue weighted by Gasteiger charge is -2.17. The Morgan fingerprint density at radius 3 is 2.46 bits per heavy atom. The number of nitrogens with one attached hydrogen (secondary N) is 1. The predicted molar refractivity (Wildman–Crippen MR) is 142 cm³/mol. The van der Waals surface area contributed by atoms with Crippen LogP contribution in [-0.2, 0) is 6.54 Å². The number of carbonyl (C=O) groups is 1. The Bertz CT molecular complexity index is 1280. The molecule has 4 rings (SSSR count). The zero-order valence-corrected chi connectivity index (χ0v) is 21.3. The molecule has 1 N–H and O–H groups in total. The Kier molecular flexibility index (Phi) is 8.09. The summed E-state index contributed by atoms with van der Waals surface area (Å²) >= 11 is 5.96. The average molecular weight is 490 g/mol. The number of fused-ring (bicyclic) bond motifs is 1. The van der Waals surface area contributed by atoms with Crippen molar-refractivity contribution in [3.05, 3.63) is 94.8 Å². The van der Waals surface area contributed by atoms with Gasteiger partial charge in [-0.1, -0.05) is 55.8 Å². The first-order valence-electron chi connectivity index (χ1n) is 12.2. The molecular weight excluding hydrogens is 458 g/mol. The number of hydrogen-bond donors (Lipinski definition) is 1. The van der Waals surface area contributed by atoms with Crippen LogP contribution in [-0.4, -0.2) is 22.1 Å². The number of imidazole rings is 1. The maximum absolute atomic E-state index is 12.8. The molecule has 0 bridgehead atoms. The van der Waals surface area contributed by atoms with E-state index in [4.69, 9.17) is 21.3 Å². The summed E-state index contributed by atoms with van der Waals surface area (Å²) in [6, 6.07) is 23.0. The summed E-state index contributed by atoms with van der Waals surface area (Å²) in [5, 5.41) is 3.69. The summed E-state index contributed by atoms with van der Waals surface area (Å²) < 4.78 is 8.31. The highest BCUT2D eigenvalue weighted by molar-refractivity contribution is 6.30. The first-order chi connectivity index (χ1) is 16.9. The van der Waals surface area contributed by atoms with Gasteiger partial charge in [0.2, 0.25) is 0 Å². The maximum atomic E-state index is 12.8. The van der Waals surface area contributed by atoms with Crippen LogP contribution in [0.4, 0.5) is 0 Å². The average Bonchev–Trinajstić information content (AvgIpc) is 3.23. The van der Waals surface area contributed by atoms with Gasteiger partial charge in [-0.15, -0.1) is 0 Å². The molecular formula is C29H32ClN3O2. The molecule has 1 aromatic heterocycles. The van der Waals surface area contributed by atoms with Gasteiger partial charge >= 0.3 is 0 Å². The number of ether oxygens (including phenoxy) is 1. The molecule has 3 aromatic carbocycles. The minimum absolute atomic E-state index is 0.148. The Labute approximate surface area is 212 Å². The van der Waals surface area contributed by atoms with E-state index in [0.717, 1.165) is 42.0 Å². The smallest absolute Gasteiger partial charge is 0.251 e. The quantitative estimate of drug-likeness (QED) is 0.240. The molecule has 0 fully saturated rings. The van der Waals surface area contributed by atoms with Crippen LogP contribution in [0.3, 0.4) is 0 Å². The molecule has 35 heavy (non-hydrogen) atoms. The number of nitrogens with zero attached hydrogens (tertiary/aromatic N) is 2. The van der Waals surface area contributed by atoms with Gasteiger partial charge < -0.3 is 14.6 Å². The molecule has 1 unspecified atom stereocenters. The van der Waals surface area contributed by atoms with Crippen molar-refractivity contribution in [2.24, 2.45) is 0 Å². The van der Waals surface area contributed by atoms with Crippen LogP contribution in [0.15, 0.2) is 72.8 Å². The molecule has 0 aliphatic carbocycles. The highest BCUT2D eigenvalue weighted by Crippen LogP contribution is 2.26. The van der Waals surface area contributed by atoms with Crippen LogP contribution in [0.2, 0.25) is 5.02 Å². The highest BCUT2D eigenvalue weighted by atomic mass is 35.5. The van der Waals surface area contributed by atoms with Crippen LogP contribution in [0.25, 0.3) is 11.0 Å². The number of benzene rings is 3. The second kappa shape index (κ2) is 11.4. The van der Waals surface area contributed by atoms with E-state index in [9.17, 15) is 4.79 Å². The predicted octanol–water partition coefficient (Wildman–Crippen LogP) is 7.16. The molecule has 0 saturated heterocycles. The van der Waals surface area contributed by atoms with Crippen LogP contribution in [0.5, 0.6) is 5.75 Å². The number of amides is 1. The molecule has 1 amide bonds. The van der Waals surface area contributed by atoms with Crippen LogP contribution in [0.1, 0.15) is 67.3 Å². The number of hydrogen-bond acceptors (Lipinski definition) is 3. The third kappa shape index (κ3) is 6.04. The van der Waals surface area contributed by atoms with Crippen molar-refractivity contribution in [3.8, 4) is 5.75 Å². The van der Waals surface area contributed by atoms with Crippen LogP contribution < -0.4 is 10.1 Å². The Hall–Kier alpha value is -3.31. The molecule has 1 heterocycles. The van der Waals surface area contributed by atoms with Gasteiger partial charge in [0.1, 0.15) is 11.6 Å². The maximum Gasteiger partial charge on any atom is 0.251 e. The Morgan fingerprint density at radius 2 is 1.69 bits per heavy atom. The summed E-state index contributed by atoms with van der Waals surface area (Å²) in [4.78, 5) is 17.6. The minimum atomic E-state index is -0.250. The van der Waals surface area contributed by atoms with Crippen molar-refractivity contribution in [2.45, 2.75) is 52.1 Å². The lowest BCUT2D eigenvalue weighted by atomic mass is 10.0. The summed E-state index contributed by atoms with van der Waals surface area (Å²) in [5.41, 5.74) is 3.81. The number of aromatic nitrogens is 2. The largest absolute Gasteiger partial charge is 0.493 e. The lowest BCUT2D eigenvalue weighted by Crippen LogP contribution is -2.28. The molecule has 0 aliphatic heterocycles. The molecule has 182 valence electrons. The fourth-order valence-electron chi connectivity index (χ4n) is 4.25. The van der Waals surface area contributed by atoms with Crippen molar-refractivity contribution in [2.75, 3.05) is 6.61 Å². The summed E-state index contributed by atoms with van der Waals surface area (Å²) in [7, 11) is 0.